The van der Waals surface area contributed by atoms with Gasteiger partial charge in [-0.15, -0.1) is 0 Å². The Bertz CT molecular complexity index is 478. The molecule has 0 N–H and O–H groups in total. The molecule has 0 unspecified atom stereocenters. The predicted molar refractivity (Wildman–Crippen MR) is 82.2 cm³/mol. The van der Waals surface area contributed by atoms with Gasteiger partial charge in [-0.25, -0.2) is 4.98 Å². The fraction of sp³-hybridized carbons (Fsp3) is 0.600. The van der Waals surface area contributed by atoms with Crippen molar-refractivity contribution in [3.63, 3.8) is 0 Å². The third-order valence-corrected chi connectivity index (χ3v) is 4.15. The van der Waals surface area contributed by atoms with Gasteiger partial charge in [0.2, 0.25) is 5.91 Å². The van der Waals surface area contributed by atoms with Crippen LogP contribution in [0.25, 0.3) is 0 Å². The summed E-state index contributed by atoms with van der Waals surface area (Å²) in [5.41, 5.74) is 0.869. The molecule has 5 nitrogen and oxygen atoms in total. The Kier molecular flexibility index (Phi) is 5.96. The van der Waals surface area contributed by atoms with Gasteiger partial charge in [0.1, 0.15) is 5.15 Å². The number of ether oxygens (including phenoxy) is 1. The summed E-state index contributed by atoms with van der Waals surface area (Å²) < 4.78 is 5.34. The lowest BCUT2D eigenvalue weighted by Crippen LogP contribution is -2.44. The highest BCUT2D eigenvalue weighted by Crippen LogP contribution is 2.15. The summed E-state index contributed by atoms with van der Waals surface area (Å²) >= 11 is 6.03. The Morgan fingerprint density at radius 2 is 2.24 bits per heavy atom. The van der Waals surface area contributed by atoms with Gasteiger partial charge in [0, 0.05) is 50.9 Å². The van der Waals surface area contributed by atoms with E-state index in [-0.39, 0.29) is 11.9 Å². The number of pyridine rings is 1. The first-order chi connectivity index (χ1) is 10.1. The van der Waals surface area contributed by atoms with Gasteiger partial charge in [-0.1, -0.05) is 17.7 Å². The van der Waals surface area contributed by atoms with E-state index in [1.807, 2.05) is 12.1 Å². The molecule has 0 spiro atoms. The Labute approximate surface area is 130 Å². The third-order valence-electron chi connectivity index (χ3n) is 3.81. The second-order valence-electron chi connectivity index (χ2n) is 5.40. The third kappa shape index (κ3) is 4.66. The first-order valence-corrected chi connectivity index (χ1v) is 7.61. The molecule has 21 heavy (non-hydrogen) atoms. The number of hydrogen-bond acceptors (Lipinski definition) is 4. The van der Waals surface area contributed by atoms with Crippen LogP contribution in [0.15, 0.2) is 18.3 Å². The van der Waals surface area contributed by atoms with Crippen molar-refractivity contribution < 1.29 is 9.53 Å². The van der Waals surface area contributed by atoms with E-state index in [0.717, 1.165) is 31.9 Å². The van der Waals surface area contributed by atoms with Crippen LogP contribution in [0.3, 0.4) is 0 Å². The zero-order valence-corrected chi connectivity index (χ0v) is 13.3. The zero-order valence-electron chi connectivity index (χ0n) is 12.6. The van der Waals surface area contributed by atoms with Crippen LogP contribution in [-0.4, -0.2) is 60.1 Å². The van der Waals surface area contributed by atoms with Crippen LogP contribution in [-0.2, 0) is 16.1 Å². The summed E-state index contributed by atoms with van der Waals surface area (Å²) in [5.74, 6) is 0.119. The predicted octanol–water partition coefficient (Wildman–Crippen LogP) is 1.80. The number of morpholine rings is 1. The molecule has 116 valence electrons. The highest BCUT2D eigenvalue weighted by atomic mass is 35.5. The summed E-state index contributed by atoms with van der Waals surface area (Å²) in [6.07, 6.45) is 2.16. The summed E-state index contributed by atoms with van der Waals surface area (Å²) in [7, 11) is 1.80. The number of hydrogen-bond donors (Lipinski definition) is 0. The van der Waals surface area contributed by atoms with Gasteiger partial charge in [-0.05, 0) is 13.0 Å². The summed E-state index contributed by atoms with van der Waals surface area (Å²) in [4.78, 5) is 20.4. The molecule has 1 atom stereocenters. The second kappa shape index (κ2) is 7.73. The largest absolute Gasteiger partial charge is 0.379 e. The van der Waals surface area contributed by atoms with Crippen LogP contribution in [0, 0.1) is 0 Å². The molecule has 2 rings (SSSR count). The number of carbonyl (C=O) groups is 1. The van der Waals surface area contributed by atoms with Gasteiger partial charge in [0.15, 0.2) is 0 Å². The Balaban J connectivity index is 1.86. The molecule has 6 heteroatoms. The molecule has 1 aliphatic rings. The van der Waals surface area contributed by atoms with Crippen molar-refractivity contribution in [3.05, 3.63) is 29.0 Å². The van der Waals surface area contributed by atoms with Crippen LogP contribution < -0.4 is 0 Å². The number of amides is 1. The summed E-state index contributed by atoms with van der Waals surface area (Å²) in [6, 6.07) is 3.95. The van der Waals surface area contributed by atoms with Crippen LogP contribution >= 0.6 is 11.6 Å². The van der Waals surface area contributed by atoms with Gasteiger partial charge in [-0.3, -0.25) is 9.69 Å². The van der Waals surface area contributed by atoms with Crippen molar-refractivity contribution in [1.82, 2.24) is 14.8 Å². The Morgan fingerprint density at radius 3 is 2.90 bits per heavy atom. The molecule has 0 bridgehead atoms. The van der Waals surface area contributed by atoms with Gasteiger partial charge >= 0.3 is 0 Å². The standard InChI is InChI=1S/C15H22ClN3O2/c1-12(19-6-8-21-9-7-19)10-14(20)18(2)11-13-4-3-5-17-15(13)16/h3-5,12H,6-11H2,1-2H3/t12-/m1/s1. The van der Waals surface area contributed by atoms with Gasteiger partial charge in [0.25, 0.3) is 0 Å². The molecule has 0 saturated carbocycles. The van der Waals surface area contributed by atoms with Crippen molar-refractivity contribution in [2.75, 3.05) is 33.4 Å². The molecular weight excluding hydrogens is 290 g/mol. The van der Waals surface area contributed by atoms with Gasteiger partial charge < -0.3 is 9.64 Å². The Hall–Kier alpha value is -1.17. The lowest BCUT2D eigenvalue weighted by molar-refractivity contribution is -0.132. The minimum Gasteiger partial charge on any atom is -0.379 e. The van der Waals surface area contributed by atoms with E-state index in [9.17, 15) is 4.79 Å². The molecule has 0 aromatic carbocycles. The van der Waals surface area contributed by atoms with Crippen molar-refractivity contribution >= 4 is 17.5 Å². The lowest BCUT2D eigenvalue weighted by Gasteiger charge is -2.32. The topological polar surface area (TPSA) is 45.7 Å². The van der Waals surface area contributed by atoms with E-state index < -0.39 is 0 Å². The van der Waals surface area contributed by atoms with Crippen LogP contribution in [0.1, 0.15) is 18.9 Å². The summed E-state index contributed by atoms with van der Waals surface area (Å²) in [5, 5.41) is 0.457. The first kappa shape index (κ1) is 16.2. The highest BCUT2D eigenvalue weighted by molar-refractivity contribution is 6.30. The normalized spacial score (nSPS) is 17.5. The molecule has 1 fully saturated rings. The van der Waals surface area contributed by atoms with Crippen LogP contribution in [0.2, 0.25) is 5.15 Å². The van der Waals surface area contributed by atoms with Crippen LogP contribution in [0.4, 0.5) is 0 Å². The van der Waals surface area contributed by atoms with Crippen molar-refractivity contribution in [1.29, 1.82) is 0 Å². The maximum absolute atomic E-state index is 12.3. The SMILES string of the molecule is C[C@H](CC(=O)N(C)Cc1cccnc1Cl)N1CCOCC1. The van der Waals surface area contributed by atoms with E-state index in [4.69, 9.17) is 16.3 Å². The average molecular weight is 312 g/mol. The first-order valence-electron chi connectivity index (χ1n) is 7.23. The molecular formula is C15H22ClN3O2. The molecule has 0 radical (unpaired) electrons. The molecule has 2 heterocycles. The molecule has 0 aliphatic carbocycles. The minimum absolute atomic E-state index is 0.119. The maximum Gasteiger partial charge on any atom is 0.224 e. The summed E-state index contributed by atoms with van der Waals surface area (Å²) in [6.45, 7) is 5.87. The van der Waals surface area contributed by atoms with E-state index in [1.54, 1.807) is 18.1 Å². The van der Waals surface area contributed by atoms with Gasteiger partial charge in [-0.2, -0.15) is 0 Å². The van der Waals surface area contributed by atoms with E-state index in [2.05, 4.69) is 16.8 Å². The quantitative estimate of drug-likeness (QED) is 0.778. The van der Waals surface area contributed by atoms with Crippen molar-refractivity contribution in [2.45, 2.75) is 25.9 Å². The number of rotatable bonds is 5. The maximum atomic E-state index is 12.3. The number of carbonyl (C=O) groups excluding carboxylic acids is 1. The molecule has 1 saturated heterocycles. The van der Waals surface area contributed by atoms with Gasteiger partial charge in [0.05, 0.1) is 13.2 Å². The Morgan fingerprint density at radius 1 is 1.52 bits per heavy atom. The smallest absolute Gasteiger partial charge is 0.224 e. The molecule has 1 aromatic rings. The second-order valence-corrected chi connectivity index (χ2v) is 5.76. The molecule has 1 aliphatic heterocycles. The average Bonchev–Trinajstić information content (AvgIpc) is 2.50. The van der Waals surface area contributed by atoms with E-state index in [0.29, 0.717) is 18.1 Å². The lowest BCUT2D eigenvalue weighted by atomic mass is 10.1. The fourth-order valence-corrected chi connectivity index (χ4v) is 2.62. The highest BCUT2D eigenvalue weighted by Gasteiger charge is 2.21. The monoisotopic (exact) mass is 311 g/mol. The fourth-order valence-electron chi connectivity index (χ4n) is 2.44. The number of halogens is 1. The van der Waals surface area contributed by atoms with Crippen molar-refractivity contribution in [2.24, 2.45) is 0 Å². The van der Waals surface area contributed by atoms with Crippen LogP contribution in [0.5, 0.6) is 0 Å². The molecule has 1 aromatic heterocycles. The molecule has 1 amide bonds. The van der Waals surface area contributed by atoms with Crippen molar-refractivity contribution in [3.8, 4) is 0 Å². The number of aromatic nitrogens is 1. The van der Waals surface area contributed by atoms with E-state index in [1.165, 1.54) is 0 Å². The van der Waals surface area contributed by atoms with E-state index >= 15 is 0 Å². The number of nitrogens with zero attached hydrogens (tertiary/aromatic N) is 3. The zero-order chi connectivity index (χ0) is 15.2. The minimum atomic E-state index is 0.119.